The number of aromatic nitrogens is 1. The third-order valence-corrected chi connectivity index (χ3v) is 3.98. The van der Waals surface area contributed by atoms with Gasteiger partial charge in [-0.15, -0.1) is 0 Å². The molecule has 2 rings (SSSR count). The van der Waals surface area contributed by atoms with Gasteiger partial charge in [-0.1, -0.05) is 0 Å². The highest BCUT2D eigenvalue weighted by molar-refractivity contribution is 7.99. The summed E-state index contributed by atoms with van der Waals surface area (Å²) in [5, 5.41) is 0. The van der Waals surface area contributed by atoms with E-state index in [1.54, 1.807) is 11.8 Å². The molecule has 0 radical (unpaired) electrons. The van der Waals surface area contributed by atoms with Crippen molar-refractivity contribution in [3.8, 4) is 0 Å². The van der Waals surface area contributed by atoms with E-state index in [4.69, 9.17) is 0 Å². The first-order chi connectivity index (χ1) is 9.22. The predicted molar refractivity (Wildman–Crippen MR) is 80.8 cm³/mol. The third kappa shape index (κ3) is 3.62. The molecule has 0 unspecified atom stereocenters. The Morgan fingerprint density at radius 2 is 2.21 bits per heavy atom. The molecule has 2 heterocycles. The number of thioether (sulfide) groups is 1. The first-order valence-corrected chi connectivity index (χ1v) is 8.04. The molecule has 0 spiro atoms. The molecule has 0 bridgehead atoms. The van der Waals surface area contributed by atoms with Gasteiger partial charge in [0.15, 0.2) is 0 Å². The van der Waals surface area contributed by atoms with Crippen LogP contribution >= 0.6 is 11.8 Å². The van der Waals surface area contributed by atoms with E-state index in [-0.39, 0.29) is 5.91 Å². The maximum atomic E-state index is 11.9. The highest BCUT2D eigenvalue weighted by Crippen LogP contribution is 2.20. The van der Waals surface area contributed by atoms with Crippen molar-refractivity contribution in [1.82, 2.24) is 9.88 Å². The van der Waals surface area contributed by atoms with Crippen LogP contribution in [0.15, 0.2) is 18.5 Å². The predicted octanol–water partition coefficient (Wildman–Crippen LogP) is 1.79. The lowest BCUT2D eigenvalue weighted by Crippen LogP contribution is -2.36. The van der Waals surface area contributed by atoms with Crippen LogP contribution in [0.2, 0.25) is 0 Å². The minimum atomic E-state index is 0.265. The van der Waals surface area contributed by atoms with Crippen LogP contribution in [0.5, 0.6) is 0 Å². The molecule has 0 atom stereocenters. The van der Waals surface area contributed by atoms with E-state index in [2.05, 4.69) is 22.9 Å². The maximum absolute atomic E-state index is 11.9. The van der Waals surface area contributed by atoms with Crippen molar-refractivity contribution in [2.45, 2.75) is 13.3 Å². The lowest BCUT2D eigenvalue weighted by Gasteiger charge is -2.24. The first-order valence-electron chi connectivity index (χ1n) is 6.64. The number of hydrogen-bond donors (Lipinski definition) is 0. The topological polar surface area (TPSA) is 36.4 Å². The van der Waals surface area contributed by atoms with Crippen LogP contribution in [0, 0.1) is 6.92 Å². The molecule has 1 saturated heterocycles. The number of carbonyl (C=O) groups is 1. The quantitative estimate of drug-likeness (QED) is 0.845. The summed E-state index contributed by atoms with van der Waals surface area (Å²) in [4.78, 5) is 20.4. The van der Waals surface area contributed by atoms with Gasteiger partial charge in [-0.2, -0.15) is 11.8 Å². The van der Waals surface area contributed by atoms with Crippen LogP contribution in [0.1, 0.15) is 12.0 Å². The van der Waals surface area contributed by atoms with E-state index >= 15 is 0 Å². The van der Waals surface area contributed by atoms with Crippen molar-refractivity contribution in [3.05, 3.63) is 24.0 Å². The molecule has 1 aromatic rings. The maximum Gasteiger partial charge on any atom is 0.232 e. The van der Waals surface area contributed by atoms with Crippen molar-refractivity contribution >= 4 is 23.4 Å². The lowest BCUT2D eigenvalue weighted by molar-refractivity contribution is -0.128. The Hall–Kier alpha value is -1.23. The summed E-state index contributed by atoms with van der Waals surface area (Å²) in [6.07, 6.45) is 6.74. The van der Waals surface area contributed by atoms with Crippen LogP contribution in [0.4, 0.5) is 5.69 Å². The molecule has 0 aliphatic carbocycles. The van der Waals surface area contributed by atoms with Gasteiger partial charge in [0.05, 0.1) is 5.75 Å². The number of anilines is 1. The van der Waals surface area contributed by atoms with E-state index in [0.717, 1.165) is 32.6 Å². The second kappa shape index (κ2) is 6.80. The molecule has 1 aromatic heterocycles. The van der Waals surface area contributed by atoms with Crippen LogP contribution in [0.3, 0.4) is 0 Å². The number of aryl methyl sites for hydroxylation is 1. The zero-order chi connectivity index (χ0) is 13.7. The SMILES string of the molecule is CSCC(=O)N1CCCN(c2ccncc2C)CC1. The van der Waals surface area contributed by atoms with Crippen LogP contribution in [-0.4, -0.2) is 54.0 Å². The molecule has 19 heavy (non-hydrogen) atoms. The van der Waals surface area contributed by atoms with E-state index < -0.39 is 0 Å². The molecule has 0 N–H and O–H groups in total. The molecule has 104 valence electrons. The summed E-state index contributed by atoms with van der Waals surface area (Å²) in [6, 6.07) is 2.06. The van der Waals surface area contributed by atoms with Gasteiger partial charge in [0, 0.05) is 44.3 Å². The first kappa shape index (κ1) is 14.2. The van der Waals surface area contributed by atoms with Gasteiger partial charge in [-0.3, -0.25) is 9.78 Å². The molecule has 5 heteroatoms. The summed E-state index contributed by atoms with van der Waals surface area (Å²) in [6.45, 7) is 5.70. The monoisotopic (exact) mass is 279 g/mol. The summed E-state index contributed by atoms with van der Waals surface area (Å²) in [5.41, 5.74) is 2.44. The van der Waals surface area contributed by atoms with Gasteiger partial charge in [-0.25, -0.2) is 0 Å². The molecular formula is C14H21N3OS. The third-order valence-electron chi connectivity index (χ3n) is 3.45. The van der Waals surface area contributed by atoms with E-state index in [0.29, 0.717) is 5.75 Å². The van der Waals surface area contributed by atoms with E-state index in [1.807, 2.05) is 23.5 Å². The molecule has 1 aliphatic rings. The minimum absolute atomic E-state index is 0.265. The molecule has 1 amide bonds. The molecule has 0 saturated carbocycles. The van der Waals surface area contributed by atoms with Gasteiger partial charge in [0.1, 0.15) is 0 Å². The largest absolute Gasteiger partial charge is 0.369 e. The van der Waals surface area contributed by atoms with Gasteiger partial charge in [-0.05, 0) is 31.2 Å². The van der Waals surface area contributed by atoms with Crippen molar-refractivity contribution in [2.24, 2.45) is 0 Å². The van der Waals surface area contributed by atoms with Crippen LogP contribution < -0.4 is 4.90 Å². The smallest absolute Gasteiger partial charge is 0.232 e. The Labute approximate surface area is 119 Å². The summed E-state index contributed by atoms with van der Waals surface area (Å²) in [5.74, 6) is 0.856. The zero-order valence-electron chi connectivity index (χ0n) is 11.6. The second-order valence-electron chi connectivity index (χ2n) is 4.82. The number of amides is 1. The highest BCUT2D eigenvalue weighted by Gasteiger charge is 2.19. The fraction of sp³-hybridized carbons (Fsp3) is 0.571. The number of rotatable bonds is 3. The highest BCUT2D eigenvalue weighted by atomic mass is 32.2. The molecule has 4 nitrogen and oxygen atoms in total. The number of nitrogens with zero attached hydrogens (tertiary/aromatic N) is 3. The average Bonchev–Trinajstić information content (AvgIpc) is 2.65. The number of carbonyl (C=O) groups excluding carboxylic acids is 1. The molecule has 1 aliphatic heterocycles. The Morgan fingerprint density at radius 3 is 2.95 bits per heavy atom. The Bertz CT molecular complexity index is 438. The van der Waals surface area contributed by atoms with Gasteiger partial charge >= 0.3 is 0 Å². The Kier molecular flexibility index (Phi) is 5.07. The standard InChI is InChI=1S/C14H21N3OS/c1-12-10-15-5-4-13(12)16-6-3-7-17(9-8-16)14(18)11-19-2/h4-5,10H,3,6-9,11H2,1-2H3. The van der Waals surface area contributed by atoms with E-state index in [9.17, 15) is 4.79 Å². The van der Waals surface area contributed by atoms with Gasteiger partial charge in [0.25, 0.3) is 0 Å². The van der Waals surface area contributed by atoms with Crippen LogP contribution in [-0.2, 0) is 4.79 Å². The van der Waals surface area contributed by atoms with Crippen molar-refractivity contribution in [3.63, 3.8) is 0 Å². The normalized spacial score (nSPS) is 16.3. The lowest BCUT2D eigenvalue weighted by atomic mass is 10.2. The van der Waals surface area contributed by atoms with Gasteiger partial charge in [0.2, 0.25) is 5.91 Å². The second-order valence-corrected chi connectivity index (χ2v) is 5.68. The molecule has 0 aromatic carbocycles. The van der Waals surface area contributed by atoms with E-state index in [1.165, 1.54) is 11.3 Å². The fourth-order valence-electron chi connectivity index (χ4n) is 2.44. The van der Waals surface area contributed by atoms with Crippen LogP contribution in [0.25, 0.3) is 0 Å². The number of hydrogen-bond acceptors (Lipinski definition) is 4. The average molecular weight is 279 g/mol. The Morgan fingerprint density at radius 1 is 1.37 bits per heavy atom. The molecule has 1 fully saturated rings. The summed E-state index contributed by atoms with van der Waals surface area (Å²) >= 11 is 1.60. The Balaban J connectivity index is 2.01. The van der Waals surface area contributed by atoms with Crippen molar-refractivity contribution in [2.75, 3.05) is 43.1 Å². The van der Waals surface area contributed by atoms with Crippen molar-refractivity contribution < 1.29 is 4.79 Å². The summed E-state index contributed by atoms with van der Waals surface area (Å²) < 4.78 is 0. The fourth-order valence-corrected chi connectivity index (χ4v) is 2.87. The molecular weight excluding hydrogens is 258 g/mol. The zero-order valence-corrected chi connectivity index (χ0v) is 12.4. The minimum Gasteiger partial charge on any atom is -0.369 e. The van der Waals surface area contributed by atoms with Crippen molar-refractivity contribution in [1.29, 1.82) is 0 Å². The van der Waals surface area contributed by atoms with Gasteiger partial charge < -0.3 is 9.80 Å². The number of pyridine rings is 1. The summed E-state index contributed by atoms with van der Waals surface area (Å²) in [7, 11) is 0.